The zero-order valence-electron chi connectivity index (χ0n) is 34.2. The maximum Gasteiger partial charge on any atom is 0.472 e. The molecule has 56 heavy (non-hydrogen) atoms. The zero-order valence-corrected chi connectivity index (χ0v) is 35.1. The lowest BCUT2D eigenvalue weighted by Crippen LogP contribution is -2.34. The lowest BCUT2D eigenvalue weighted by Gasteiger charge is -2.20. The molecule has 0 amide bonds. The lowest BCUT2D eigenvalue weighted by atomic mass is 10.1. The van der Waals surface area contributed by atoms with Gasteiger partial charge in [0.1, 0.15) is 12.6 Å². The fraction of sp³-hybridized carbons (Fsp3) is 0.614. The predicted molar refractivity (Wildman–Crippen MR) is 226 cm³/mol. The van der Waals surface area contributed by atoms with Gasteiger partial charge in [0.25, 0.3) is 0 Å². The maximum atomic E-state index is 12.6. The van der Waals surface area contributed by atoms with E-state index in [1.165, 1.54) is 19.3 Å². The van der Waals surface area contributed by atoms with Gasteiger partial charge in [0.2, 0.25) is 0 Å². The number of carboxylic acids is 1. The Hall–Kier alpha value is -3.34. The molecule has 0 radical (unpaired) electrons. The minimum atomic E-state index is -4.74. The van der Waals surface area contributed by atoms with Crippen LogP contribution in [0.2, 0.25) is 0 Å². The van der Waals surface area contributed by atoms with Gasteiger partial charge in [-0.15, -0.1) is 0 Å². The summed E-state index contributed by atoms with van der Waals surface area (Å²) in [5.41, 5.74) is 5.32. The number of phosphoric ester groups is 1. The van der Waals surface area contributed by atoms with Crippen LogP contribution < -0.4 is 5.73 Å². The van der Waals surface area contributed by atoms with Gasteiger partial charge in [-0.25, -0.2) is 4.57 Å². The Morgan fingerprint density at radius 2 is 1.02 bits per heavy atom. The monoisotopic (exact) mass is 805 g/mol. The van der Waals surface area contributed by atoms with Crippen molar-refractivity contribution >= 4 is 25.7 Å². The number of nitrogens with two attached hydrogens (primary N) is 1. The van der Waals surface area contributed by atoms with E-state index in [0.29, 0.717) is 19.3 Å². The van der Waals surface area contributed by atoms with Gasteiger partial charge in [-0.3, -0.25) is 23.4 Å². The fourth-order valence-electron chi connectivity index (χ4n) is 4.89. The average molecular weight is 806 g/mol. The normalized spacial score (nSPS) is 14.6. The molecule has 0 aliphatic rings. The highest BCUT2D eigenvalue weighted by molar-refractivity contribution is 7.47. The first-order chi connectivity index (χ1) is 27.1. The maximum absolute atomic E-state index is 12.6. The number of hydrogen-bond donors (Lipinski definition) is 3. The van der Waals surface area contributed by atoms with E-state index in [1.54, 1.807) is 0 Å². The Balaban J connectivity index is 4.55. The second-order valence-electron chi connectivity index (χ2n) is 13.4. The SMILES string of the molecule is CC/C=C\C/C=C\C/C=C\C/C=C\C/C=C\CCCC(=O)O[C@H](COC(=O)CCCCCCC/C=C\C/C=C\CCCCC)COP(=O)(O)OC[C@H](N)C(=O)O. The van der Waals surface area contributed by atoms with Crippen molar-refractivity contribution in [1.29, 1.82) is 0 Å². The number of rotatable bonds is 37. The van der Waals surface area contributed by atoms with Crippen molar-refractivity contribution in [3.8, 4) is 0 Å². The molecule has 0 fully saturated rings. The molecular weight excluding hydrogens is 733 g/mol. The third-order valence-corrected chi connectivity index (χ3v) is 9.08. The van der Waals surface area contributed by atoms with E-state index in [-0.39, 0.29) is 19.4 Å². The molecule has 0 aromatic rings. The van der Waals surface area contributed by atoms with Crippen LogP contribution in [0.1, 0.15) is 142 Å². The topological polar surface area (TPSA) is 172 Å². The van der Waals surface area contributed by atoms with Crippen LogP contribution in [0.4, 0.5) is 0 Å². The van der Waals surface area contributed by atoms with Gasteiger partial charge in [0, 0.05) is 12.8 Å². The van der Waals surface area contributed by atoms with Crippen LogP contribution in [0.15, 0.2) is 85.1 Å². The summed E-state index contributed by atoms with van der Waals surface area (Å²) in [6.07, 6.45) is 46.5. The first kappa shape index (κ1) is 52.7. The molecule has 0 bridgehead atoms. The predicted octanol–water partition coefficient (Wildman–Crippen LogP) is 10.7. The summed E-state index contributed by atoms with van der Waals surface area (Å²) in [7, 11) is -4.74. The van der Waals surface area contributed by atoms with E-state index < -0.39 is 51.1 Å². The van der Waals surface area contributed by atoms with Crippen molar-refractivity contribution in [2.24, 2.45) is 5.73 Å². The van der Waals surface area contributed by atoms with Gasteiger partial charge in [-0.2, -0.15) is 0 Å². The number of esters is 2. The van der Waals surface area contributed by atoms with Gasteiger partial charge in [0.15, 0.2) is 6.10 Å². The van der Waals surface area contributed by atoms with E-state index in [0.717, 1.165) is 77.0 Å². The van der Waals surface area contributed by atoms with E-state index >= 15 is 0 Å². The number of carbonyl (C=O) groups is 3. The Morgan fingerprint density at radius 3 is 1.55 bits per heavy atom. The summed E-state index contributed by atoms with van der Waals surface area (Å²) < 4.78 is 32.6. The molecular formula is C44H72NO10P. The van der Waals surface area contributed by atoms with Gasteiger partial charge in [0.05, 0.1) is 13.2 Å². The van der Waals surface area contributed by atoms with Crippen molar-refractivity contribution in [2.45, 2.75) is 154 Å². The van der Waals surface area contributed by atoms with Crippen molar-refractivity contribution in [2.75, 3.05) is 19.8 Å². The highest BCUT2D eigenvalue weighted by atomic mass is 31.2. The molecule has 0 aromatic heterocycles. The summed E-state index contributed by atoms with van der Waals surface area (Å²) in [5, 5.41) is 8.88. The number of aliphatic carboxylic acids is 1. The van der Waals surface area contributed by atoms with Crippen LogP contribution in [-0.2, 0) is 37.5 Å². The van der Waals surface area contributed by atoms with Crippen molar-refractivity contribution in [3.05, 3.63) is 85.1 Å². The van der Waals surface area contributed by atoms with E-state index in [2.05, 4.69) is 91.3 Å². The van der Waals surface area contributed by atoms with Gasteiger partial charge in [-0.1, -0.05) is 131 Å². The molecule has 0 spiro atoms. The molecule has 4 N–H and O–H groups in total. The van der Waals surface area contributed by atoms with Gasteiger partial charge in [-0.05, 0) is 83.5 Å². The smallest absolute Gasteiger partial charge is 0.472 e. The molecule has 0 rings (SSSR count). The summed E-state index contributed by atoms with van der Waals surface area (Å²) in [4.78, 5) is 45.9. The largest absolute Gasteiger partial charge is 0.480 e. The van der Waals surface area contributed by atoms with Crippen LogP contribution in [-0.4, -0.2) is 59.9 Å². The third kappa shape index (κ3) is 37.6. The van der Waals surface area contributed by atoms with E-state index in [4.69, 9.17) is 24.8 Å². The first-order valence-electron chi connectivity index (χ1n) is 20.6. The Kier molecular flexibility index (Phi) is 36.2. The zero-order chi connectivity index (χ0) is 41.4. The lowest BCUT2D eigenvalue weighted by molar-refractivity contribution is -0.161. The van der Waals surface area contributed by atoms with Crippen LogP contribution in [0.25, 0.3) is 0 Å². The summed E-state index contributed by atoms with van der Waals surface area (Å²) >= 11 is 0. The van der Waals surface area contributed by atoms with Crippen LogP contribution >= 0.6 is 7.82 Å². The van der Waals surface area contributed by atoms with Crippen LogP contribution in [0.3, 0.4) is 0 Å². The quantitative estimate of drug-likeness (QED) is 0.0236. The highest BCUT2D eigenvalue weighted by Gasteiger charge is 2.28. The molecule has 0 saturated heterocycles. The van der Waals surface area contributed by atoms with Gasteiger partial charge < -0.3 is 25.2 Å². The molecule has 0 saturated carbocycles. The Labute approximate surface area is 337 Å². The number of phosphoric acid groups is 1. The molecule has 11 nitrogen and oxygen atoms in total. The van der Waals surface area contributed by atoms with Gasteiger partial charge >= 0.3 is 25.7 Å². The van der Waals surface area contributed by atoms with Crippen molar-refractivity contribution in [3.63, 3.8) is 0 Å². The summed E-state index contributed by atoms with van der Waals surface area (Å²) in [5.74, 6) is -2.49. The second kappa shape index (κ2) is 38.5. The molecule has 12 heteroatoms. The molecule has 3 atom stereocenters. The van der Waals surface area contributed by atoms with Crippen molar-refractivity contribution < 1.29 is 47.5 Å². The van der Waals surface area contributed by atoms with Crippen molar-refractivity contribution in [1.82, 2.24) is 0 Å². The molecule has 0 heterocycles. The Morgan fingerprint density at radius 1 is 0.571 bits per heavy atom. The second-order valence-corrected chi connectivity index (χ2v) is 14.8. The number of carbonyl (C=O) groups excluding carboxylic acids is 2. The molecule has 0 aliphatic heterocycles. The van der Waals surface area contributed by atoms with E-state index in [9.17, 15) is 23.8 Å². The number of ether oxygens (including phenoxy) is 2. The summed E-state index contributed by atoms with van der Waals surface area (Å²) in [6.45, 7) is 2.56. The van der Waals surface area contributed by atoms with E-state index in [1.807, 2.05) is 12.2 Å². The van der Waals surface area contributed by atoms with Crippen LogP contribution in [0, 0.1) is 0 Å². The highest BCUT2D eigenvalue weighted by Crippen LogP contribution is 2.43. The minimum absolute atomic E-state index is 0.0749. The Bertz CT molecular complexity index is 1270. The fourth-order valence-corrected chi connectivity index (χ4v) is 5.67. The molecule has 0 aromatic carbocycles. The number of unbranched alkanes of at least 4 members (excludes halogenated alkanes) is 9. The van der Waals surface area contributed by atoms with Crippen LogP contribution in [0.5, 0.6) is 0 Å². The molecule has 1 unspecified atom stereocenters. The summed E-state index contributed by atoms with van der Waals surface area (Å²) in [6, 6.07) is -1.54. The number of allylic oxidation sites excluding steroid dienone is 14. The molecule has 0 aliphatic carbocycles. The average Bonchev–Trinajstić information content (AvgIpc) is 3.17. The number of hydrogen-bond acceptors (Lipinski definition) is 9. The minimum Gasteiger partial charge on any atom is -0.480 e. The third-order valence-electron chi connectivity index (χ3n) is 8.13. The molecule has 318 valence electrons. The number of carboxylic acid groups (broad SMARTS) is 1. The first-order valence-corrected chi connectivity index (χ1v) is 22.1. The standard InChI is InChI=1S/C44H72NO10P/c1-3-5-7-9-11-13-15-17-19-20-22-24-26-28-30-32-34-36-43(47)55-40(38-53-56(50,51)54-39-41(45)44(48)49)37-52-42(46)35-33-31-29-27-25-23-21-18-16-14-12-10-8-6-4-2/h5,7,11-14,17-19,21-22,24,28,30,40-41H,3-4,6,8-10,15-16,20,23,25-27,29,31-39,45H2,1-2H3,(H,48,49)(H,50,51)/b7-5-,13-11-,14-12-,19-17-,21-18-,24-22-,30-28-/t40-,41+/m1/s1.